The van der Waals surface area contributed by atoms with E-state index >= 15 is 0 Å². The first-order chi connectivity index (χ1) is 9.65. The van der Waals surface area contributed by atoms with E-state index in [1.165, 1.54) is 30.3 Å². The second kappa shape index (κ2) is 5.40. The number of carbonyl (C=O) groups is 1. The average molecular weight is 275 g/mol. The summed E-state index contributed by atoms with van der Waals surface area (Å²) in [5.41, 5.74) is 0.188. The number of pyridine rings is 1. The number of fused-ring (bicyclic) bond motifs is 1. The first-order valence-corrected chi connectivity index (χ1v) is 7.37. The van der Waals surface area contributed by atoms with Crippen LogP contribution in [0, 0.1) is 5.92 Å². The number of hydrogen-bond acceptors (Lipinski definition) is 3. The van der Waals surface area contributed by atoms with Crippen LogP contribution in [0.2, 0.25) is 0 Å². The molecular formula is C15H21N3O2. The molecule has 0 radical (unpaired) electrons. The molecule has 1 aliphatic carbocycles. The van der Waals surface area contributed by atoms with Crippen LogP contribution >= 0.6 is 0 Å². The predicted octanol–water partition coefficient (Wildman–Crippen LogP) is 1.24. The number of nitrogens with zero attached hydrogens (tertiary/aromatic N) is 1. The van der Waals surface area contributed by atoms with Gasteiger partial charge < -0.3 is 15.2 Å². The van der Waals surface area contributed by atoms with Crippen LogP contribution < -0.4 is 16.2 Å². The van der Waals surface area contributed by atoms with Crippen LogP contribution in [-0.4, -0.2) is 22.6 Å². The van der Waals surface area contributed by atoms with E-state index in [1.807, 2.05) is 0 Å². The zero-order valence-electron chi connectivity index (χ0n) is 11.8. The first kappa shape index (κ1) is 13.4. The molecule has 5 heteroatoms. The Kier molecular flexibility index (Phi) is 3.61. The summed E-state index contributed by atoms with van der Waals surface area (Å²) in [7, 11) is 1.68. The molecule has 1 aromatic rings. The van der Waals surface area contributed by atoms with Crippen molar-refractivity contribution in [3.05, 3.63) is 28.7 Å². The third-order valence-corrected chi connectivity index (χ3v) is 4.56. The summed E-state index contributed by atoms with van der Waals surface area (Å²) in [6, 6.07) is 3.74. The maximum Gasteiger partial charge on any atom is 0.274 e. The molecule has 1 saturated carbocycles. The Hall–Kier alpha value is -1.62. The fraction of sp³-hybridized carbons (Fsp3) is 0.600. The summed E-state index contributed by atoms with van der Waals surface area (Å²) in [4.78, 5) is 24.2. The highest BCUT2D eigenvalue weighted by Gasteiger charge is 2.38. The van der Waals surface area contributed by atoms with Crippen molar-refractivity contribution in [2.24, 2.45) is 13.0 Å². The van der Waals surface area contributed by atoms with Crippen molar-refractivity contribution >= 4 is 11.6 Å². The Morgan fingerprint density at radius 2 is 2.20 bits per heavy atom. The van der Waals surface area contributed by atoms with Crippen LogP contribution in [-0.2, 0) is 11.8 Å². The average Bonchev–Trinajstić information content (AvgIpc) is 2.88. The van der Waals surface area contributed by atoms with Gasteiger partial charge in [-0.1, -0.05) is 12.8 Å². The third-order valence-electron chi connectivity index (χ3n) is 4.56. The lowest BCUT2D eigenvalue weighted by Crippen LogP contribution is -2.40. The van der Waals surface area contributed by atoms with E-state index in [9.17, 15) is 9.59 Å². The Morgan fingerprint density at radius 1 is 1.40 bits per heavy atom. The fourth-order valence-corrected chi connectivity index (χ4v) is 3.43. The maximum atomic E-state index is 12.3. The second-order valence-corrected chi connectivity index (χ2v) is 5.93. The molecule has 1 amide bonds. The molecule has 0 spiro atoms. The molecule has 1 aromatic heterocycles. The normalized spacial score (nSPS) is 28.9. The topological polar surface area (TPSA) is 63.1 Å². The van der Waals surface area contributed by atoms with Crippen LogP contribution in [0.15, 0.2) is 23.1 Å². The van der Waals surface area contributed by atoms with Crippen molar-refractivity contribution in [1.29, 1.82) is 0 Å². The Bertz CT molecular complexity index is 552. The molecule has 0 aromatic carbocycles. The lowest BCUT2D eigenvalue weighted by Gasteiger charge is -2.24. The van der Waals surface area contributed by atoms with Crippen LogP contribution in [0.25, 0.3) is 0 Å². The summed E-state index contributed by atoms with van der Waals surface area (Å²) in [6.45, 7) is 0. The monoisotopic (exact) mass is 275 g/mol. The number of anilines is 1. The number of carbonyl (C=O) groups excluding carboxylic acids is 1. The summed E-state index contributed by atoms with van der Waals surface area (Å²) in [5, 5.41) is 6.19. The summed E-state index contributed by atoms with van der Waals surface area (Å²) >= 11 is 0. The number of hydrogen-bond donors (Lipinski definition) is 2. The van der Waals surface area contributed by atoms with Gasteiger partial charge in [0.2, 0.25) is 5.91 Å². The highest BCUT2D eigenvalue weighted by Crippen LogP contribution is 2.33. The number of aromatic nitrogens is 1. The van der Waals surface area contributed by atoms with Gasteiger partial charge in [0.15, 0.2) is 0 Å². The van der Waals surface area contributed by atoms with E-state index < -0.39 is 0 Å². The largest absolute Gasteiger partial charge is 0.320 e. The Balaban J connectivity index is 1.68. The molecule has 20 heavy (non-hydrogen) atoms. The van der Waals surface area contributed by atoms with Crippen molar-refractivity contribution in [3.8, 4) is 0 Å². The molecule has 2 heterocycles. The number of nitrogens with one attached hydrogen (secondary N) is 2. The standard InChI is InChI=1S/C15H21N3O2/c1-18-8-4-7-12(15(18)20)17-14(19)13-9-10-5-2-3-6-11(10)16-13/h4,7-8,10-11,13,16H,2-3,5-6,9H2,1H3,(H,17,19). The highest BCUT2D eigenvalue weighted by atomic mass is 16.2. The molecule has 3 atom stereocenters. The zero-order valence-corrected chi connectivity index (χ0v) is 11.8. The first-order valence-electron chi connectivity index (χ1n) is 7.37. The minimum Gasteiger partial charge on any atom is -0.320 e. The molecule has 1 aliphatic heterocycles. The number of amides is 1. The smallest absolute Gasteiger partial charge is 0.274 e. The minimum absolute atomic E-state index is 0.0808. The van der Waals surface area contributed by atoms with Gasteiger partial charge in [0, 0.05) is 19.3 Å². The van der Waals surface area contributed by atoms with Crippen LogP contribution in [0.1, 0.15) is 32.1 Å². The molecule has 3 unspecified atom stereocenters. The van der Waals surface area contributed by atoms with Crippen molar-refractivity contribution in [2.75, 3.05) is 5.32 Å². The van der Waals surface area contributed by atoms with E-state index in [0.717, 1.165) is 6.42 Å². The molecular weight excluding hydrogens is 254 g/mol. The molecule has 2 fully saturated rings. The highest BCUT2D eigenvalue weighted by molar-refractivity contribution is 5.94. The van der Waals surface area contributed by atoms with E-state index in [-0.39, 0.29) is 17.5 Å². The van der Waals surface area contributed by atoms with Gasteiger partial charge in [0.1, 0.15) is 5.69 Å². The summed E-state index contributed by atoms with van der Waals surface area (Å²) in [5.74, 6) is 0.542. The minimum atomic E-state index is -0.170. The number of aryl methyl sites for hydroxylation is 1. The van der Waals surface area contributed by atoms with Crippen molar-refractivity contribution < 1.29 is 4.79 Å². The molecule has 108 valence electrons. The lowest BCUT2D eigenvalue weighted by atomic mass is 9.85. The van der Waals surface area contributed by atoms with Crippen molar-refractivity contribution in [2.45, 2.75) is 44.2 Å². The summed E-state index contributed by atoms with van der Waals surface area (Å²) < 4.78 is 1.47. The third kappa shape index (κ3) is 2.50. The molecule has 3 rings (SSSR count). The molecule has 1 saturated heterocycles. The van der Waals surface area contributed by atoms with Gasteiger partial charge in [0.25, 0.3) is 5.56 Å². The van der Waals surface area contributed by atoms with Crippen molar-refractivity contribution in [1.82, 2.24) is 9.88 Å². The molecule has 2 N–H and O–H groups in total. The Morgan fingerprint density at radius 3 is 3.00 bits per heavy atom. The maximum absolute atomic E-state index is 12.3. The molecule has 0 bridgehead atoms. The van der Waals surface area contributed by atoms with Gasteiger partial charge in [-0.05, 0) is 37.3 Å². The predicted molar refractivity (Wildman–Crippen MR) is 77.6 cm³/mol. The van der Waals surface area contributed by atoms with E-state index in [4.69, 9.17) is 0 Å². The van der Waals surface area contributed by atoms with Crippen LogP contribution in [0.5, 0.6) is 0 Å². The van der Waals surface area contributed by atoms with Crippen LogP contribution in [0.3, 0.4) is 0 Å². The molecule has 2 aliphatic rings. The van der Waals surface area contributed by atoms with E-state index in [1.54, 1.807) is 25.4 Å². The van der Waals surface area contributed by atoms with Gasteiger partial charge in [0.05, 0.1) is 6.04 Å². The van der Waals surface area contributed by atoms with Gasteiger partial charge in [-0.3, -0.25) is 9.59 Å². The summed E-state index contributed by atoms with van der Waals surface area (Å²) in [6.07, 6.45) is 7.48. The van der Waals surface area contributed by atoms with E-state index in [0.29, 0.717) is 17.6 Å². The SMILES string of the molecule is Cn1cccc(NC(=O)C2CC3CCCCC3N2)c1=O. The second-order valence-electron chi connectivity index (χ2n) is 5.93. The van der Waals surface area contributed by atoms with Gasteiger partial charge in [-0.15, -0.1) is 0 Å². The van der Waals surface area contributed by atoms with Gasteiger partial charge in [-0.25, -0.2) is 0 Å². The fourth-order valence-electron chi connectivity index (χ4n) is 3.43. The number of rotatable bonds is 2. The lowest BCUT2D eigenvalue weighted by molar-refractivity contribution is -0.117. The van der Waals surface area contributed by atoms with E-state index in [2.05, 4.69) is 10.6 Å². The van der Waals surface area contributed by atoms with Crippen molar-refractivity contribution in [3.63, 3.8) is 0 Å². The zero-order chi connectivity index (χ0) is 14.1. The van der Waals surface area contributed by atoms with Gasteiger partial charge in [-0.2, -0.15) is 0 Å². The van der Waals surface area contributed by atoms with Gasteiger partial charge >= 0.3 is 0 Å². The van der Waals surface area contributed by atoms with Crippen LogP contribution in [0.4, 0.5) is 5.69 Å². The Labute approximate surface area is 118 Å². The molecule has 5 nitrogen and oxygen atoms in total. The quantitative estimate of drug-likeness (QED) is 0.853.